The van der Waals surface area contributed by atoms with Crippen molar-refractivity contribution in [3.05, 3.63) is 59.7 Å². The Balaban J connectivity index is 2.35. The highest BCUT2D eigenvalue weighted by atomic mass is 32.2. The molecule has 0 heterocycles. The molecule has 4 nitrogen and oxygen atoms in total. The van der Waals surface area contributed by atoms with E-state index in [1.807, 2.05) is 0 Å². The fraction of sp³-hybridized carbons (Fsp3) is 0.0769. The molecule has 0 amide bonds. The standard InChI is InChI=1S/C13H11F2NO3S/c14-11-2-1-3-12(15)13(11)20(18,19)16-10-6-4-9(8-17)5-7-10/h1-7,16-17H,8H2. The van der Waals surface area contributed by atoms with Gasteiger partial charge in [0.1, 0.15) is 11.6 Å². The van der Waals surface area contributed by atoms with Gasteiger partial charge in [0.05, 0.1) is 6.61 Å². The molecule has 0 unspecified atom stereocenters. The van der Waals surface area contributed by atoms with E-state index in [4.69, 9.17) is 5.11 Å². The van der Waals surface area contributed by atoms with Crippen LogP contribution < -0.4 is 4.72 Å². The van der Waals surface area contributed by atoms with Crippen molar-refractivity contribution < 1.29 is 22.3 Å². The zero-order valence-electron chi connectivity index (χ0n) is 10.2. The van der Waals surface area contributed by atoms with Crippen molar-refractivity contribution >= 4 is 15.7 Å². The van der Waals surface area contributed by atoms with Crippen LogP contribution in [0, 0.1) is 11.6 Å². The van der Waals surface area contributed by atoms with E-state index < -0.39 is 26.6 Å². The third-order valence-corrected chi connectivity index (χ3v) is 4.01. The molecule has 0 aliphatic heterocycles. The number of rotatable bonds is 4. The third kappa shape index (κ3) is 2.94. The second-order valence-electron chi connectivity index (χ2n) is 4.01. The molecule has 2 N–H and O–H groups in total. The molecule has 0 saturated carbocycles. The normalized spacial score (nSPS) is 11.3. The molecule has 0 saturated heterocycles. The predicted octanol–water partition coefficient (Wildman–Crippen LogP) is 2.26. The molecule has 0 fully saturated rings. The van der Waals surface area contributed by atoms with Gasteiger partial charge < -0.3 is 5.11 Å². The number of halogens is 2. The minimum Gasteiger partial charge on any atom is -0.392 e. The highest BCUT2D eigenvalue weighted by molar-refractivity contribution is 7.92. The monoisotopic (exact) mass is 299 g/mol. The first-order chi connectivity index (χ1) is 9.44. The zero-order chi connectivity index (χ0) is 14.8. The SMILES string of the molecule is O=S(=O)(Nc1ccc(CO)cc1)c1c(F)cccc1F. The summed E-state index contributed by atoms with van der Waals surface area (Å²) in [7, 11) is -4.36. The molecule has 2 aromatic rings. The fourth-order valence-electron chi connectivity index (χ4n) is 1.62. The maximum Gasteiger partial charge on any atom is 0.267 e. The van der Waals surface area contributed by atoms with Gasteiger partial charge in [0.2, 0.25) is 0 Å². The van der Waals surface area contributed by atoms with Crippen LogP contribution in [-0.4, -0.2) is 13.5 Å². The Morgan fingerprint density at radius 2 is 1.55 bits per heavy atom. The van der Waals surface area contributed by atoms with Crippen LogP contribution in [0.2, 0.25) is 0 Å². The van der Waals surface area contributed by atoms with Crippen LogP contribution in [0.15, 0.2) is 47.4 Å². The van der Waals surface area contributed by atoms with E-state index in [2.05, 4.69) is 4.72 Å². The van der Waals surface area contributed by atoms with Gasteiger partial charge in [0.15, 0.2) is 4.90 Å². The van der Waals surface area contributed by atoms with Crippen molar-refractivity contribution in [2.45, 2.75) is 11.5 Å². The number of anilines is 1. The quantitative estimate of drug-likeness (QED) is 0.910. The van der Waals surface area contributed by atoms with E-state index >= 15 is 0 Å². The molecule has 2 aromatic carbocycles. The van der Waals surface area contributed by atoms with Crippen molar-refractivity contribution in [1.29, 1.82) is 0 Å². The van der Waals surface area contributed by atoms with Crippen LogP contribution in [0.25, 0.3) is 0 Å². The Hall–Kier alpha value is -1.99. The van der Waals surface area contributed by atoms with Crippen LogP contribution in [0.4, 0.5) is 14.5 Å². The lowest BCUT2D eigenvalue weighted by Crippen LogP contribution is -2.16. The van der Waals surface area contributed by atoms with E-state index in [-0.39, 0.29) is 12.3 Å². The Labute approximate surface area is 114 Å². The summed E-state index contributed by atoms with van der Waals surface area (Å²) in [5, 5.41) is 8.87. The lowest BCUT2D eigenvalue weighted by molar-refractivity contribution is 0.282. The molecule has 7 heteroatoms. The minimum absolute atomic E-state index is 0.143. The Bertz CT molecular complexity index is 695. The summed E-state index contributed by atoms with van der Waals surface area (Å²) >= 11 is 0. The highest BCUT2D eigenvalue weighted by Gasteiger charge is 2.23. The van der Waals surface area contributed by atoms with Crippen LogP contribution in [-0.2, 0) is 16.6 Å². The molecule has 0 spiro atoms. The van der Waals surface area contributed by atoms with Crippen molar-refractivity contribution in [3.8, 4) is 0 Å². The lowest BCUT2D eigenvalue weighted by Gasteiger charge is -2.10. The molecule has 106 valence electrons. The maximum atomic E-state index is 13.5. The van der Waals surface area contributed by atoms with Crippen molar-refractivity contribution in [3.63, 3.8) is 0 Å². The van der Waals surface area contributed by atoms with E-state index in [0.717, 1.165) is 18.2 Å². The van der Waals surface area contributed by atoms with Crippen molar-refractivity contribution in [2.24, 2.45) is 0 Å². The van der Waals surface area contributed by atoms with E-state index in [0.29, 0.717) is 5.56 Å². The van der Waals surface area contributed by atoms with E-state index in [1.54, 1.807) is 0 Å². The summed E-state index contributed by atoms with van der Waals surface area (Å²) in [6.07, 6.45) is 0. The van der Waals surface area contributed by atoms with Crippen molar-refractivity contribution in [1.82, 2.24) is 0 Å². The van der Waals surface area contributed by atoms with Gasteiger partial charge >= 0.3 is 0 Å². The summed E-state index contributed by atoms with van der Waals surface area (Å²) in [4.78, 5) is -1.02. The van der Waals surface area contributed by atoms with Gasteiger partial charge in [-0.25, -0.2) is 17.2 Å². The molecule has 0 aromatic heterocycles. The molecule has 2 rings (SSSR count). The Morgan fingerprint density at radius 1 is 1.00 bits per heavy atom. The van der Waals surface area contributed by atoms with Gasteiger partial charge in [0.25, 0.3) is 10.0 Å². The Kier molecular flexibility index (Phi) is 4.01. The van der Waals surface area contributed by atoms with Crippen LogP contribution in [0.3, 0.4) is 0 Å². The molecule has 0 aliphatic carbocycles. The van der Waals surface area contributed by atoms with Gasteiger partial charge in [0, 0.05) is 5.69 Å². The zero-order valence-corrected chi connectivity index (χ0v) is 11.0. The first-order valence-corrected chi connectivity index (χ1v) is 7.09. The third-order valence-electron chi connectivity index (χ3n) is 2.58. The summed E-state index contributed by atoms with van der Waals surface area (Å²) in [5.74, 6) is -2.33. The summed E-state index contributed by atoms with van der Waals surface area (Å²) in [6.45, 7) is -0.186. The maximum absolute atomic E-state index is 13.5. The van der Waals surface area contributed by atoms with Crippen LogP contribution >= 0.6 is 0 Å². The van der Waals surface area contributed by atoms with Gasteiger partial charge in [-0.05, 0) is 29.8 Å². The predicted molar refractivity (Wildman–Crippen MR) is 69.5 cm³/mol. The number of hydrogen-bond acceptors (Lipinski definition) is 3. The first kappa shape index (κ1) is 14.4. The van der Waals surface area contributed by atoms with Gasteiger partial charge in [-0.2, -0.15) is 0 Å². The smallest absolute Gasteiger partial charge is 0.267 e. The molecule has 0 aliphatic rings. The number of aliphatic hydroxyl groups excluding tert-OH is 1. The largest absolute Gasteiger partial charge is 0.392 e. The van der Waals surface area contributed by atoms with Gasteiger partial charge in [-0.1, -0.05) is 18.2 Å². The lowest BCUT2D eigenvalue weighted by atomic mass is 10.2. The fourth-order valence-corrected chi connectivity index (χ4v) is 2.82. The number of aliphatic hydroxyl groups is 1. The van der Waals surface area contributed by atoms with Crippen LogP contribution in [0.1, 0.15) is 5.56 Å². The van der Waals surface area contributed by atoms with E-state index in [9.17, 15) is 17.2 Å². The van der Waals surface area contributed by atoms with Crippen LogP contribution in [0.5, 0.6) is 0 Å². The van der Waals surface area contributed by atoms with Gasteiger partial charge in [-0.15, -0.1) is 0 Å². The molecular weight excluding hydrogens is 288 g/mol. The summed E-state index contributed by atoms with van der Waals surface area (Å²) in [6, 6.07) is 8.59. The highest BCUT2D eigenvalue weighted by Crippen LogP contribution is 2.21. The number of hydrogen-bond donors (Lipinski definition) is 2. The molecular formula is C13H11F2NO3S. The number of nitrogens with one attached hydrogen (secondary N) is 1. The average Bonchev–Trinajstić information content (AvgIpc) is 2.38. The minimum atomic E-state index is -4.36. The number of sulfonamides is 1. The molecule has 0 bridgehead atoms. The average molecular weight is 299 g/mol. The van der Waals surface area contributed by atoms with E-state index in [1.165, 1.54) is 24.3 Å². The van der Waals surface area contributed by atoms with Gasteiger partial charge in [-0.3, -0.25) is 4.72 Å². The molecule has 0 atom stereocenters. The van der Waals surface area contributed by atoms with Crippen molar-refractivity contribution in [2.75, 3.05) is 4.72 Å². The first-order valence-electron chi connectivity index (χ1n) is 5.60. The topological polar surface area (TPSA) is 66.4 Å². The summed E-state index contributed by atoms with van der Waals surface area (Å²) < 4.78 is 52.9. The Morgan fingerprint density at radius 3 is 2.05 bits per heavy atom. The molecule has 20 heavy (non-hydrogen) atoms. The second kappa shape index (κ2) is 5.56. The second-order valence-corrected chi connectivity index (χ2v) is 5.63. The molecule has 0 radical (unpaired) electrons. The summed E-state index contributed by atoms with van der Waals surface area (Å²) in [5.41, 5.74) is 0.731. The number of benzene rings is 2.